The molecule has 0 spiro atoms. The van der Waals surface area contributed by atoms with Crippen molar-refractivity contribution >= 4 is 23.9 Å². The van der Waals surface area contributed by atoms with Crippen LogP contribution in [-0.4, -0.2) is 47.3 Å². The molecule has 0 aromatic rings. The summed E-state index contributed by atoms with van der Waals surface area (Å²) in [6.07, 6.45) is 3.90. The second-order valence-electron chi connectivity index (χ2n) is 5.02. The van der Waals surface area contributed by atoms with Gasteiger partial charge in [-0.3, -0.25) is 9.59 Å². The van der Waals surface area contributed by atoms with Crippen LogP contribution in [0.5, 0.6) is 0 Å². The fourth-order valence-electron chi connectivity index (χ4n) is 1.45. The average Bonchev–Trinajstić information content (AvgIpc) is 2.47. The van der Waals surface area contributed by atoms with Crippen LogP contribution >= 0.6 is 0 Å². The van der Waals surface area contributed by atoms with E-state index in [-0.39, 0.29) is 18.8 Å². The Bertz CT molecular complexity index is 425. The van der Waals surface area contributed by atoms with Gasteiger partial charge in [-0.05, 0) is 25.2 Å². The molecular formula is C15H22O8. The van der Waals surface area contributed by atoms with Crippen LogP contribution in [-0.2, 0) is 28.7 Å². The fraction of sp³-hybridized carbons (Fsp3) is 0.600. The molecule has 1 heterocycles. The van der Waals surface area contributed by atoms with E-state index >= 15 is 0 Å². The van der Waals surface area contributed by atoms with Crippen LogP contribution in [0.15, 0.2) is 12.2 Å². The SMILES string of the molecule is CC1CCOC(=O)/C=C\C(=O)OC1.O=C(O)CCCCC(=O)O. The molecule has 0 bridgehead atoms. The highest BCUT2D eigenvalue weighted by Gasteiger charge is 2.09. The summed E-state index contributed by atoms with van der Waals surface area (Å²) in [6.45, 7) is 2.69. The monoisotopic (exact) mass is 330 g/mol. The first kappa shape index (κ1) is 20.6. The predicted molar refractivity (Wildman–Crippen MR) is 78.6 cm³/mol. The zero-order chi connectivity index (χ0) is 17.7. The van der Waals surface area contributed by atoms with Gasteiger partial charge >= 0.3 is 23.9 Å². The first-order chi connectivity index (χ1) is 10.8. The summed E-state index contributed by atoms with van der Waals surface area (Å²) in [6, 6.07) is 0. The third kappa shape index (κ3) is 14.3. The number of carboxylic acid groups (broad SMARTS) is 2. The maximum Gasteiger partial charge on any atom is 0.331 e. The van der Waals surface area contributed by atoms with Crippen molar-refractivity contribution in [3.05, 3.63) is 12.2 Å². The number of esters is 2. The highest BCUT2D eigenvalue weighted by molar-refractivity contribution is 5.91. The van der Waals surface area contributed by atoms with Crippen LogP contribution in [0.25, 0.3) is 0 Å². The molecule has 8 heteroatoms. The number of rotatable bonds is 5. The molecule has 0 saturated carbocycles. The number of unbranched alkanes of at least 4 members (excludes halogenated alkanes) is 1. The van der Waals surface area contributed by atoms with Crippen LogP contribution in [0.2, 0.25) is 0 Å². The number of aliphatic carboxylic acids is 2. The molecule has 1 unspecified atom stereocenters. The quantitative estimate of drug-likeness (QED) is 0.572. The van der Waals surface area contributed by atoms with Crippen LogP contribution < -0.4 is 0 Å². The van der Waals surface area contributed by atoms with Gasteiger partial charge in [-0.25, -0.2) is 9.59 Å². The third-order valence-corrected chi connectivity index (χ3v) is 2.75. The smallest absolute Gasteiger partial charge is 0.331 e. The minimum absolute atomic E-state index is 0.0628. The van der Waals surface area contributed by atoms with Crippen molar-refractivity contribution in [3.63, 3.8) is 0 Å². The molecule has 1 aliphatic rings. The standard InChI is InChI=1S/C9H12O4.C6H10O4/c1-7-4-5-12-8(10)2-3-9(11)13-6-7;7-5(8)3-1-2-4-6(9)10/h2-3,7H,4-6H2,1H3;1-4H2,(H,7,8)(H,9,10)/b3-2-;. The molecule has 0 saturated heterocycles. The van der Waals surface area contributed by atoms with Crippen LogP contribution in [0, 0.1) is 5.92 Å². The van der Waals surface area contributed by atoms with Gasteiger partial charge in [-0.15, -0.1) is 0 Å². The number of carbonyl (C=O) groups is 4. The molecule has 0 fully saturated rings. The van der Waals surface area contributed by atoms with Gasteiger partial charge in [0, 0.05) is 25.0 Å². The van der Waals surface area contributed by atoms with Gasteiger partial charge in [-0.1, -0.05) is 6.92 Å². The van der Waals surface area contributed by atoms with Crippen molar-refractivity contribution in [2.75, 3.05) is 13.2 Å². The Morgan fingerprint density at radius 3 is 2.00 bits per heavy atom. The van der Waals surface area contributed by atoms with Crippen LogP contribution in [0.1, 0.15) is 39.0 Å². The van der Waals surface area contributed by atoms with Gasteiger partial charge in [-0.2, -0.15) is 0 Å². The van der Waals surface area contributed by atoms with Crippen molar-refractivity contribution in [3.8, 4) is 0 Å². The molecule has 0 aromatic carbocycles. The van der Waals surface area contributed by atoms with Crippen LogP contribution in [0.3, 0.4) is 0 Å². The first-order valence-corrected chi connectivity index (χ1v) is 7.26. The molecule has 1 aliphatic heterocycles. The minimum atomic E-state index is -0.870. The van der Waals surface area contributed by atoms with E-state index in [4.69, 9.17) is 19.7 Å². The largest absolute Gasteiger partial charge is 0.481 e. The number of ether oxygens (including phenoxy) is 2. The maximum absolute atomic E-state index is 10.9. The minimum Gasteiger partial charge on any atom is -0.481 e. The van der Waals surface area contributed by atoms with Gasteiger partial charge in [0.2, 0.25) is 0 Å². The molecule has 2 N–H and O–H groups in total. The molecule has 0 aromatic heterocycles. The number of hydrogen-bond donors (Lipinski definition) is 2. The number of cyclic esters (lactones) is 2. The van der Waals surface area contributed by atoms with E-state index in [1.165, 1.54) is 0 Å². The van der Waals surface area contributed by atoms with E-state index in [9.17, 15) is 19.2 Å². The Hall–Kier alpha value is -2.38. The lowest BCUT2D eigenvalue weighted by Gasteiger charge is -2.12. The summed E-state index contributed by atoms with van der Waals surface area (Å²) in [4.78, 5) is 41.5. The molecule has 0 aliphatic carbocycles. The summed E-state index contributed by atoms with van der Waals surface area (Å²) in [5, 5.41) is 16.3. The van der Waals surface area contributed by atoms with E-state index in [2.05, 4.69) is 0 Å². The van der Waals surface area contributed by atoms with Crippen LogP contribution in [0.4, 0.5) is 0 Å². The first-order valence-electron chi connectivity index (χ1n) is 7.26. The normalized spacial score (nSPS) is 19.4. The molecule has 0 amide bonds. The van der Waals surface area contributed by atoms with Gasteiger partial charge in [0.25, 0.3) is 0 Å². The molecule has 1 rings (SSSR count). The Balaban J connectivity index is 0.000000438. The topological polar surface area (TPSA) is 127 Å². The molecular weight excluding hydrogens is 308 g/mol. The average molecular weight is 330 g/mol. The fourth-order valence-corrected chi connectivity index (χ4v) is 1.45. The number of hydrogen-bond acceptors (Lipinski definition) is 6. The Kier molecular flexibility index (Phi) is 10.9. The Morgan fingerprint density at radius 2 is 1.52 bits per heavy atom. The maximum atomic E-state index is 10.9. The zero-order valence-electron chi connectivity index (χ0n) is 13.0. The molecule has 8 nitrogen and oxygen atoms in total. The summed E-state index contributed by atoms with van der Waals surface area (Å²) < 4.78 is 9.65. The van der Waals surface area contributed by atoms with E-state index in [0.29, 0.717) is 32.5 Å². The van der Waals surface area contributed by atoms with E-state index in [1.54, 1.807) is 0 Å². The van der Waals surface area contributed by atoms with Crippen molar-refractivity contribution in [1.29, 1.82) is 0 Å². The second-order valence-corrected chi connectivity index (χ2v) is 5.02. The Morgan fingerprint density at radius 1 is 1.04 bits per heavy atom. The highest BCUT2D eigenvalue weighted by atomic mass is 16.5. The number of carbonyl (C=O) groups excluding carboxylic acids is 2. The van der Waals surface area contributed by atoms with Crippen molar-refractivity contribution in [2.45, 2.75) is 39.0 Å². The lowest BCUT2D eigenvalue weighted by atomic mass is 10.1. The zero-order valence-corrected chi connectivity index (χ0v) is 13.0. The van der Waals surface area contributed by atoms with E-state index in [1.807, 2.05) is 6.92 Å². The molecule has 1 atom stereocenters. The third-order valence-electron chi connectivity index (χ3n) is 2.75. The second kappa shape index (κ2) is 12.2. The van der Waals surface area contributed by atoms with Gasteiger partial charge in [0.15, 0.2) is 0 Å². The summed E-state index contributed by atoms with van der Waals surface area (Å²) in [5.74, 6) is -2.50. The van der Waals surface area contributed by atoms with E-state index < -0.39 is 23.9 Å². The van der Waals surface area contributed by atoms with Gasteiger partial charge in [0.1, 0.15) is 0 Å². The summed E-state index contributed by atoms with van der Waals surface area (Å²) in [5.41, 5.74) is 0. The highest BCUT2D eigenvalue weighted by Crippen LogP contribution is 2.04. The Labute approximate surface area is 134 Å². The summed E-state index contributed by atoms with van der Waals surface area (Å²) in [7, 11) is 0. The lowest BCUT2D eigenvalue weighted by Crippen LogP contribution is -2.15. The van der Waals surface area contributed by atoms with Crippen molar-refractivity contribution in [1.82, 2.24) is 0 Å². The van der Waals surface area contributed by atoms with Gasteiger partial charge < -0.3 is 19.7 Å². The lowest BCUT2D eigenvalue weighted by molar-refractivity contribution is -0.143. The molecule has 0 radical (unpaired) electrons. The van der Waals surface area contributed by atoms with Gasteiger partial charge in [0.05, 0.1) is 13.2 Å². The summed E-state index contributed by atoms with van der Waals surface area (Å²) >= 11 is 0. The molecule has 130 valence electrons. The van der Waals surface area contributed by atoms with E-state index in [0.717, 1.165) is 12.2 Å². The van der Waals surface area contributed by atoms with Crippen molar-refractivity contribution in [2.24, 2.45) is 5.92 Å². The molecule has 23 heavy (non-hydrogen) atoms. The van der Waals surface area contributed by atoms with Crippen molar-refractivity contribution < 1.29 is 38.9 Å². The number of carboxylic acids is 2. The predicted octanol–water partition coefficient (Wildman–Crippen LogP) is 1.38.